The van der Waals surface area contributed by atoms with Crippen LogP contribution in [-0.4, -0.2) is 53.5 Å². The number of nitrogens with one attached hydrogen (secondary N) is 1. The lowest BCUT2D eigenvalue weighted by Crippen LogP contribution is -2.55. The molecular weight excluding hydrogens is 530 g/mol. The Morgan fingerprint density at radius 2 is 1.62 bits per heavy atom. The lowest BCUT2D eigenvalue weighted by molar-refractivity contribution is 0.0992. The summed E-state index contributed by atoms with van der Waals surface area (Å²) in [6, 6.07) is 6.72. The third kappa shape index (κ3) is 5.57. The summed E-state index contributed by atoms with van der Waals surface area (Å²) in [5.74, 6) is -3.60. The summed E-state index contributed by atoms with van der Waals surface area (Å²) < 4.78 is 58.6. The van der Waals surface area contributed by atoms with Crippen molar-refractivity contribution in [2.75, 3.05) is 30.4 Å². The van der Waals surface area contributed by atoms with Gasteiger partial charge in [-0.05, 0) is 50.7 Å². The Morgan fingerprint density at radius 1 is 0.975 bits per heavy atom. The van der Waals surface area contributed by atoms with Crippen molar-refractivity contribution in [1.29, 1.82) is 0 Å². The van der Waals surface area contributed by atoms with Crippen LogP contribution in [0.15, 0.2) is 47.4 Å². The number of rotatable bonds is 6. The molecule has 12 heteroatoms. The van der Waals surface area contributed by atoms with E-state index >= 15 is 4.39 Å². The standard InChI is InChI=1S/C28H29F4N5O3/c1-14-11-37(12-15(2)36(14)4)24-10-22(30)18(16-5-6-17(27(33)39)21(29)7-16)8-23(24)34-28(40)20-13-35(3)25(38)9-19(20)26(31)32/h5-10,13-15,26H,11-12H2,1-4H3,(H2,33,39)(H,34,40)/t14-,15+. The third-order valence-electron chi connectivity index (χ3n) is 7.32. The molecule has 1 aliphatic rings. The van der Waals surface area contributed by atoms with Gasteiger partial charge in [0, 0.05) is 55.6 Å². The Morgan fingerprint density at radius 3 is 2.20 bits per heavy atom. The van der Waals surface area contributed by atoms with Crippen molar-refractivity contribution in [3.05, 3.63) is 81.3 Å². The first-order valence-corrected chi connectivity index (χ1v) is 12.5. The minimum absolute atomic E-state index is 0.0672. The van der Waals surface area contributed by atoms with E-state index in [4.69, 9.17) is 5.73 Å². The second-order valence-electron chi connectivity index (χ2n) is 10.0. The summed E-state index contributed by atoms with van der Waals surface area (Å²) in [6.07, 6.45) is -2.08. The molecular formula is C28H29F4N5O3. The van der Waals surface area contributed by atoms with Crippen LogP contribution in [0.2, 0.25) is 0 Å². The predicted octanol–water partition coefficient (Wildman–Crippen LogP) is 4.15. The molecule has 2 aromatic carbocycles. The molecule has 0 radical (unpaired) electrons. The Labute approximate surface area is 228 Å². The second-order valence-corrected chi connectivity index (χ2v) is 10.0. The summed E-state index contributed by atoms with van der Waals surface area (Å²) >= 11 is 0. The van der Waals surface area contributed by atoms with Gasteiger partial charge in [-0.1, -0.05) is 6.07 Å². The molecule has 2 amide bonds. The van der Waals surface area contributed by atoms with Crippen LogP contribution in [0.5, 0.6) is 0 Å². The van der Waals surface area contributed by atoms with Gasteiger partial charge < -0.3 is 20.5 Å². The fourth-order valence-electron chi connectivity index (χ4n) is 4.83. The largest absolute Gasteiger partial charge is 0.367 e. The van der Waals surface area contributed by atoms with Crippen LogP contribution in [0, 0.1) is 11.6 Å². The Kier molecular flexibility index (Phi) is 8.01. The van der Waals surface area contributed by atoms with Gasteiger partial charge >= 0.3 is 0 Å². The molecule has 3 aromatic rings. The molecule has 0 bridgehead atoms. The van der Waals surface area contributed by atoms with Crippen molar-refractivity contribution < 1.29 is 27.2 Å². The van der Waals surface area contributed by atoms with Crippen LogP contribution < -0.4 is 21.5 Å². The lowest BCUT2D eigenvalue weighted by Gasteiger charge is -2.44. The van der Waals surface area contributed by atoms with Crippen molar-refractivity contribution in [3.63, 3.8) is 0 Å². The number of hydrogen-bond donors (Lipinski definition) is 2. The highest BCUT2D eigenvalue weighted by molar-refractivity contribution is 6.07. The van der Waals surface area contributed by atoms with E-state index < -0.39 is 46.6 Å². The molecule has 212 valence electrons. The number of nitrogens with zero attached hydrogens (tertiary/aromatic N) is 3. The number of benzene rings is 2. The molecule has 40 heavy (non-hydrogen) atoms. The molecule has 1 aromatic heterocycles. The molecule has 4 rings (SSSR count). The van der Waals surface area contributed by atoms with Gasteiger partial charge in [0.1, 0.15) is 11.6 Å². The van der Waals surface area contributed by atoms with Gasteiger partial charge in [-0.15, -0.1) is 0 Å². The van der Waals surface area contributed by atoms with Crippen molar-refractivity contribution in [2.45, 2.75) is 32.4 Å². The van der Waals surface area contributed by atoms with Crippen molar-refractivity contribution in [3.8, 4) is 11.1 Å². The van der Waals surface area contributed by atoms with Crippen LogP contribution in [0.25, 0.3) is 11.1 Å². The van der Waals surface area contributed by atoms with E-state index in [9.17, 15) is 27.6 Å². The minimum Gasteiger partial charge on any atom is -0.367 e. The summed E-state index contributed by atoms with van der Waals surface area (Å²) in [7, 11) is 3.29. The number of alkyl halides is 2. The second kappa shape index (κ2) is 11.1. The maximum atomic E-state index is 15.6. The number of carbonyl (C=O) groups is 2. The van der Waals surface area contributed by atoms with Crippen LogP contribution >= 0.6 is 0 Å². The van der Waals surface area contributed by atoms with Crippen LogP contribution in [0.3, 0.4) is 0 Å². The average molecular weight is 560 g/mol. The molecule has 2 heterocycles. The normalized spacial score (nSPS) is 17.8. The number of likely N-dealkylation sites (N-methyl/N-ethyl adjacent to an activating group) is 1. The zero-order chi connectivity index (χ0) is 29.5. The smallest absolute Gasteiger partial charge is 0.264 e. The van der Waals surface area contributed by atoms with Crippen molar-refractivity contribution >= 4 is 23.2 Å². The molecule has 0 unspecified atom stereocenters. The van der Waals surface area contributed by atoms with Crippen LogP contribution in [0.1, 0.15) is 46.6 Å². The minimum atomic E-state index is -3.09. The Hall–Kier alpha value is -4.19. The number of pyridine rings is 1. The summed E-state index contributed by atoms with van der Waals surface area (Å²) in [6.45, 7) is 4.95. The van der Waals surface area contributed by atoms with Gasteiger partial charge in [0.2, 0.25) is 0 Å². The zero-order valence-corrected chi connectivity index (χ0v) is 22.3. The van der Waals surface area contributed by atoms with E-state index in [1.54, 1.807) is 0 Å². The highest BCUT2D eigenvalue weighted by atomic mass is 19.3. The number of aryl methyl sites for hydroxylation is 1. The van der Waals surface area contributed by atoms with Gasteiger partial charge in [-0.2, -0.15) is 0 Å². The number of carbonyl (C=O) groups excluding carboxylic acids is 2. The van der Waals surface area contributed by atoms with E-state index in [1.807, 2.05) is 25.8 Å². The Bertz CT molecular complexity index is 1530. The summed E-state index contributed by atoms with van der Waals surface area (Å²) in [4.78, 5) is 40.8. The Balaban J connectivity index is 1.84. The zero-order valence-electron chi connectivity index (χ0n) is 22.3. The third-order valence-corrected chi connectivity index (χ3v) is 7.32. The number of primary amides is 1. The molecule has 0 spiro atoms. The maximum Gasteiger partial charge on any atom is 0.264 e. The SMILES string of the molecule is C[C@@H]1CN(c2cc(F)c(-c3ccc(C(N)=O)c(F)c3)cc2NC(=O)c2cn(C)c(=O)cc2C(F)F)C[C@H](C)N1C. The molecule has 8 nitrogen and oxygen atoms in total. The van der Waals surface area contributed by atoms with E-state index in [0.717, 1.165) is 22.9 Å². The van der Waals surface area contributed by atoms with E-state index in [1.165, 1.54) is 25.2 Å². The van der Waals surface area contributed by atoms with Crippen molar-refractivity contribution in [1.82, 2.24) is 9.47 Å². The van der Waals surface area contributed by atoms with E-state index in [0.29, 0.717) is 24.8 Å². The number of piperazine rings is 1. The topological polar surface area (TPSA) is 101 Å². The molecule has 3 N–H and O–H groups in total. The van der Waals surface area contributed by atoms with E-state index in [2.05, 4.69) is 10.2 Å². The summed E-state index contributed by atoms with van der Waals surface area (Å²) in [5, 5.41) is 2.61. The fraction of sp³-hybridized carbons (Fsp3) is 0.321. The highest BCUT2D eigenvalue weighted by Crippen LogP contribution is 2.37. The van der Waals surface area contributed by atoms with Gasteiger partial charge in [0.15, 0.2) is 0 Å². The molecule has 1 aliphatic heterocycles. The van der Waals surface area contributed by atoms with Gasteiger partial charge in [0.05, 0.1) is 22.5 Å². The number of aromatic nitrogens is 1. The number of amides is 2. The number of halogens is 4. The first-order chi connectivity index (χ1) is 18.8. The van der Waals surface area contributed by atoms with Gasteiger partial charge in [-0.25, -0.2) is 17.6 Å². The van der Waals surface area contributed by atoms with E-state index in [-0.39, 0.29) is 34.5 Å². The first kappa shape index (κ1) is 28.8. The molecule has 0 aliphatic carbocycles. The van der Waals surface area contributed by atoms with Gasteiger partial charge in [-0.3, -0.25) is 19.3 Å². The molecule has 2 atom stereocenters. The van der Waals surface area contributed by atoms with Gasteiger partial charge in [0.25, 0.3) is 23.8 Å². The fourth-order valence-corrected chi connectivity index (χ4v) is 4.83. The molecule has 0 saturated carbocycles. The number of hydrogen-bond acceptors (Lipinski definition) is 5. The quantitative estimate of drug-likeness (QED) is 0.442. The molecule has 1 fully saturated rings. The number of anilines is 2. The van der Waals surface area contributed by atoms with Crippen LogP contribution in [-0.2, 0) is 7.05 Å². The first-order valence-electron chi connectivity index (χ1n) is 12.5. The molecule has 1 saturated heterocycles. The highest BCUT2D eigenvalue weighted by Gasteiger charge is 2.30. The predicted molar refractivity (Wildman–Crippen MR) is 144 cm³/mol. The van der Waals surface area contributed by atoms with Crippen molar-refractivity contribution in [2.24, 2.45) is 12.8 Å². The number of nitrogens with two attached hydrogens (primary N) is 1. The monoisotopic (exact) mass is 559 g/mol. The lowest BCUT2D eigenvalue weighted by atomic mass is 9.99. The van der Waals surface area contributed by atoms with Crippen LogP contribution in [0.4, 0.5) is 28.9 Å². The maximum absolute atomic E-state index is 15.6. The summed E-state index contributed by atoms with van der Waals surface area (Å²) in [5.41, 5.74) is 3.29. The average Bonchev–Trinajstić information content (AvgIpc) is 2.88.